The summed E-state index contributed by atoms with van der Waals surface area (Å²) in [6, 6.07) is 0.652. The van der Waals surface area contributed by atoms with Crippen molar-refractivity contribution in [3.05, 3.63) is 16.8 Å². The van der Waals surface area contributed by atoms with Crippen molar-refractivity contribution in [1.29, 1.82) is 0 Å². The number of hydrogen-bond acceptors (Lipinski definition) is 7. The standard InChI is InChI=1S/C23H32N4O3S/c1-14(21(24)28)12-15-2-7-18-19(15)20-22(25-13-26-23(20)31-18)30-17-5-3-16(4-6-17)27-8-10-29-11-9-27/h13-17H,2-12H2,1H3,(H2,24,28)/t14?,15-,16-,17-/m1/s1. The van der Waals surface area contributed by atoms with Gasteiger partial charge < -0.3 is 15.2 Å². The average Bonchev–Trinajstić information content (AvgIpc) is 3.35. The van der Waals surface area contributed by atoms with E-state index in [-0.39, 0.29) is 17.9 Å². The molecule has 31 heavy (non-hydrogen) atoms. The molecule has 1 saturated carbocycles. The number of carbonyl (C=O) groups excluding carboxylic acids is 1. The molecule has 168 valence electrons. The van der Waals surface area contributed by atoms with Crippen LogP contribution in [-0.2, 0) is 16.0 Å². The molecular weight excluding hydrogens is 412 g/mol. The largest absolute Gasteiger partial charge is 0.474 e. The third kappa shape index (κ3) is 4.30. The fourth-order valence-corrected chi connectivity index (χ4v) is 6.77. The van der Waals surface area contributed by atoms with Crippen LogP contribution in [0.25, 0.3) is 10.2 Å². The molecule has 2 fully saturated rings. The van der Waals surface area contributed by atoms with E-state index in [0.29, 0.717) is 12.0 Å². The monoisotopic (exact) mass is 444 g/mol. The third-order valence-electron chi connectivity index (χ3n) is 7.30. The predicted octanol–water partition coefficient (Wildman–Crippen LogP) is 3.25. The molecule has 2 atom stereocenters. The van der Waals surface area contributed by atoms with Crippen molar-refractivity contribution in [3.63, 3.8) is 0 Å². The number of nitrogens with two attached hydrogens (primary N) is 1. The molecule has 7 nitrogen and oxygen atoms in total. The van der Waals surface area contributed by atoms with Gasteiger partial charge in [0.1, 0.15) is 17.3 Å². The molecule has 1 unspecified atom stereocenters. The van der Waals surface area contributed by atoms with E-state index in [2.05, 4.69) is 14.9 Å². The first-order valence-electron chi connectivity index (χ1n) is 11.6. The fourth-order valence-electron chi connectivity index (χ4n) is 5.54. The highest BCUT2D eigenvalue weighted by atomic mass is 32.1. The van der Waals surface area contributed by atoms with E-state index in [1.54, 1.807) is 17.7 Å². The zero-order chi connectivity index (χ0) is 21.4. The second kappa shape index (κ2) is 9.00. The Morgan fingerprint density at radius 3 is 2.77 bits per heavy atom. The second-order valence-electron chi connectivity index (χ2n) is 9.27. The van der Waals surface area contributed by atoms with Crippen LogP contribution in [0.15, 0.2) is 6.33 Å². The first kappa shape index (κ1) is 21.1. The van der Waals surface area contributed by atoms with Gasteiger partial charge in [-0.2, -0.15) is 0 Å². The van der Waals surface area contributed by atoms with Crippen molar-refractivity contribution in [3.8, 4) is 5.88 Å². The third-order valence-corrected chi connectivity index (χ3v) is 8.48. The Morgan fingerprint density at radius 2 is 2.03 bits per heavy atom. The van der Waals surface area contributed by atoms with Gasteiger partial charge in [-0.05, 0) is 56.4 Å². The number of hydrogen-bond donors (Lipinski definition) is 1. The Labute approximate surface area is 187 Å². The fraction of sp³-hybridized carbons (Fsp3) is 0.696. The molecule has 1 amide bonds. The molecule has 3 heterocycles. The summed E-state index contributed by atoms with van der Waals surface area (Å²) in [6.45, 7) is 5.74. The molecule has 0 aromatic carbocycles. The van der Waals surface area contributed by atoms with Crippen LogP contribution in [0.1, 0.15) is 61.8 Å². The van der Waals surface area contributed by atoms with E-state index < -0.39 is 0 Å². The number of morpholine rings is 1. The van der Waals surface area contributed by atoms with Gasteiger partial charge in [0.25, 0.3) is 0 Å². The summed E-state index contributed by atoms with van der Waals surface area (Å²) in [5.74, 6) is 0.709. The number of thiophene rings is 1. The highest BCUT2D eigenvalue weighted by Gasteiger charge is 2.33. The van der Waals surface area contributed by atoms with E-state index in [4.69, 9.17) is 15.2 Å². The minimum atomic E-state index is -0.224. The molecule has 2 aromatic rings. The first-order chi connectivity index (χ1) is 15.1. The number of aryl methyl sites for hydroxylation is 1. The van der Waals surface area contributed by atoms with Gasteiger partial charge in [0.05, 0.1) is 18.6 Å². The molecule has 3 aliphatic rings. The van der Waals surface area contributed by atoms with Gasteiger partial charge in [-0.25, -0.2) is 9.97 Å². The molecule has 1 saturated heterocycles. The van der Waals surface area contributed by atoms with Crippen LogP contribution in [0.4, 0.5) is 0 Å². The molecule has 0 spiro atoms. The van der Waals surface area contributed by atoms with Gasteiger partial charge >= 0.3 is 0 Å². The number of fused-ring (bicyclic) bond motifs is 3. The lowest BCUT2D eigenvalue weighted by atomic mass is 9.90. The number of amides is 1. The quantitative estimate of drug-likeness (QED) is 0.735. The maximum absolute atomic E-state index is 11.6. The van der Waals surface area contributed by atoms with Crippen LogP contribution >= 0.6 is 11.3 Å². The van der Waals surface area contributed by atoms with E-state index >= 15 is 0 Å². The summed E-state index contributed by atoms with van der Waals surface area (Å²) in [5, 5.41) is 1.08. The highest BCUT2D eigenvalue weighted by Crippen LogP contribution is 2.48. The van der Waals surface area contributed by atoms with Crippen LogP contribution in [0, 0.1) is 5.92 Å². The van der Waals surface area contributed by atoms with Crippen molar-refractivity contribution >= 4 is 27.5 Å². The lowest BCUT2D eigenvalue weighted by Crippen LogP contribution is -2.46. The van der Waals surface area contributed by atoms with Gasteiger partial charge in [-0.3, -0.25) is 9.69 Å². The number of primary amides is 1. The zero-order valence-corrected chi connectivity index (χ0v) is 19.0. The van der Waals surface area contributed by atoms with Crippen LogP contribution in [0.3, 0.4) is 0 Å². The van der Waals surface area contributed by atoms with Crippen LogP contribution in [0.5, 0.6) is 5.88 Å². The molecular formula is C23H32N4O3S. The predicted molar refractivity (Wildman–Crippen MR) is 121 cm³/mol. The van der Waals surface area contributed by atoms with E-state index in [1.165, 1.54) is 23.3 Å². The van der Waals surface area contributed by atoms with Gasteiger partial charge in [0, 0.05) is 29.9 Å². The molecule has 2 aliphatic carbocycles. The molecule has 1 aliphatic heterocycles. The maximum atomic E-state index is 11.6. The summed E-state index contributed by atoms with van der Waals surface area (Å²) in [4.78, 5) is 25.7. The number of rotatable bonds is 6. The Hall–Kier alpha value is -1.77. The number of nitrogens with zero attached hydrogens (tertiary/aromatic N) is 3. The molecule has 5 rings (SSSR count). The van der Waals surface area contributed by atoms with Crippen molar-refractivity contribution in [2.24, 2.45) is 11.7 Å². The maximum Gasteiger partial charge on any atom is 0.225 e. The van der Waals surface area contributed by atoms with Gasteiger partial charge in [0.15, 0.2) is 0 Å². The van der Waals surface area contributed by atoms with Crippen molar-refractivity contribution in [2.75, 3.05) is 26.3 Å². The lowest BCUT2D eigenvalue weighted by Gasteiger charge is -2.38. The molecule has 0 bridgehead atoms. The van der Waals surface area contributed by atoms with Crippen LogP contribution in [-0.4, -0.2) is 59.2 Å². The summed E-state index contributed by atoms with van der Waals surface area (Å²) in [7, 11) is 0. The summed E-state index contributed by atoms with van der Waals surface area (Å²) in [6.07, 6.45) is 9.17. The SMILES string of the molecule is CC(C[C@H]1CCc2sc3ncnc(O[C@H]4CC[C@H](N5CCOCC5)CC4)c3c21)C(N)=O. The van der Waals surface area contributed by atoms with Crippen molar-refractivity contribution in [1.82, 2.24) is 14.9 Å². The zero-order valence-electron chi connectivity index (χ0n) is 18.2. The minimum Gasteiger partial charge on any atom is -0.474 e. The molecule has 8 heteroatoms. The lowest BCUT2D eigenvalue weighted by molar-refractivity contribution is -0.121. The highest BCUT2D eigenvalue weighted by molar-refractivity contribution is 7.19. The Kier molecular flexibility index (Phi) is 6.12. The topological polar surface area (TPSA) is 90.6 Å². The number of carbonyl (C=O) groups is 1. The Bertz CT molecular complexity index is 934. The van der Waals surface area contributed by atoms with Gasteiger partial charge in [0.2, 0.25) is 11.8 Å². The molecule has 0 radical (unpaired) electrons. The summed E-state index contributed by atoms with van der Waals surface area (Å²) >= 11 is 1.76. The van der Waals surface area contributed by atoms with Crippen LogP contribution < -0.4 is 10.5 Å². The average molecular weight is 445 g/mol. The van der Waals surface area contributed by atoms with E-state index in [0.717, 1.165) is 74.5 Å². The second-order valence-corrected chi connectivity index (χ2v) is 10.4. The summed E-state index contributed by atoms with van der Waals surface area (Å²) < 4.78 is 12.0. The number of aromatic nitrogens is 2. The van der Waals surface area contributed by atoms with Crippen molar-refractivity contribution < 1.29 is 14.3 Å². The molecule has 2 aromatic heterocycles. The van der Waals surface area contributed by atoms with E-state index in [9.17, 15) is 4.79 Å². The minimum absolute atomic E-state index is 0.129. The Balaban J connectivity index is 1.31. The first-order valence-corrected chi connectivity index (χ1v) is 12.5. The molecule has 2 N–H and O–H groups in total. The van der Waals surface area contributed by atoms with Gasteiger partial charge in [-0.15, -0.1) is 11.3 Å². The van der Waals surface area contributed by atoms with Crippen LogP contribution in [0.2, 0.25) is 0 Å². The Morgan fingerprint density at radius 1 is 1.26 bits per heavy atom. The van der Waals surface area contributed by atoms with Gasteiger partial charge in [-0.1, -0.05) is 6.92 Å². The normalized spacial score (nSPS) is 27.8. The number of ether oxygens (including phenoxy) is 2. The van der Waals surface area contributed by atoms with E-state index in [1.807, 2.05) is 6.92 Å². The van der Waals surface area contributed by atoms with Crippen molar-refractivity contribution in [2.45, 2.75) is 69.9 Å². The summed E-state index contributed by atoms with van der Waals surface area (Å²) in [5.41, 5.74) is 6.86. The smallest absolute Gasteiger partial charge is 0.225 e.